The summed E-state index contributed by atoms with van der Waals surface area (Å²) in [6.45, 7) is 3.07. The van der Waals surface area contributed by atoms with Crippen molar-refractivity contribution < 1.29 is 9.53 Å². The van der Waals surface area contributed by atoms with Crippen LogP contribution < -0.4 is 0 Å². The molecule has 0 atom stereocenters. The lowest BCUT2D eigenvalue weighted by molar-refractivity contribution is -0.136. The molecule has 0 bridgehead atoms. The highest BCUT2D eigenvalue weighted by molar-refractivity contribution is 5.79. The fraction of sp³-hybridized carbons (Fsp3) is 0.440. The Bertz CT molecular complexity index is 800. The quantitative estimate of drug-likeness (QED) is 0.652. The minimum Gasteiger partial charge on any atom is -0.372 e. The largest absolute Gasteiger partial charge is 0.372 e. The zero-order chi connectivity index (χ0) is 19.9. The predicted molar refractivity (Wildman–Crippen MR) is 114 cm³/mol. The van der Waals surface area contributed by atoms with E-state index >= 15 is 0 Å². The molecule has 1 aromatic heterocycles. The number of pyridine rings is 1. The van der Waals surface area contributed by atoms with Gasteiger partial charge < -0.3 is 9.64 Å². The summed E-state index contributed by atoms with van der Waals surface area (Å²) in [6.07, 6.45) is 13.1. The molecule has 152 valence electrons. The lowest BCUT2D eigenvalue weighted by Crippen LogP contribution is -2.41. The van der Waals surface area contributed by atoms with Gasteiger partial charge in [0.05, 0.1) is 13.2 Å². The summed E-state index contributed by atoms with van der Waals surface area (Å²) in [7, 11) is 0. The Hall–Kier alpha value is -2.46. The van der Waals surface area contributed by atoms with Crippen molar-refractivity contribution in [2.45, 2.75) is 45.3 Å². The molecule has 0 unspecified atom stereocenters. The summed E-state index contributed by atoms with van der Waals surface area (Å²) in [5.74, 6) is 1.25. The Balaban J connectivity index is 1.19. The van der Waals surface area contributed by atoms with Crippen LogP contribution in [-0.4, -0.2) is 28.9 Å². The molecule has 29 heavy (non-hydrogen) atoms. The number of nitrogens with zero attached hydrogens (tertiary/aromatic N) is 2. The molecule has 0 saturated carbocycles. The molecule has 1 aliphatic carbocycles. The molecule has 0 N–H and O–H groups in total. The predicted octanol–water partition coefficient (Wildman–Crippen LogP) is 4.55. The van der Waals surface area contributed by atoms with Crippen LogP contribution in [0.4, 0.5) is 0 Å². The Morgan fingerprint density at radius 1 is 0.897 bits per heavy atom. The van der Waals surface area contributed by atoms with Crippen LogP contribution in [0.1, 0.15) is 42.4 Å². The summed E-state index contributed by atoms with van der Waals surface area (Å²) < 4.78 is 5.80. The normalized spacial score (nSPS) is 17.7. The monoisotopic (exact) mass is 390 g/mol. The number of amides is 1. The van der Waals surface area contributed by atoms with E-state index in [1.807, 2.05) is 12.1 Å². The minimum atomic E-state index is 0.208. The van der Waals surface area contributed by atoms with E-state index in [2.05, 4.69) is 46.3 Å². The molecule has 1 aromatic carbocycles. The number of hydrogen-bond donors (Lipinski definition) is 0. The van der Waals surface area contributed by atoms with Crippen LogP contribution in [0.15, 0.2) is 60.9 Å². The van der Waals surface area contributed by atoms with Gasteiger partial charge in [-0.3, -0.25) is 9.78 Å². The number of benzene rings is 1. The number of carbonyl (C=O) groups is 1. The number of rotatable bonds is 7. The number of aromatic nitrogens is 1. The van der Waals surface area contributed by atoms with Crippen molar-refractivity contribution in [3.63, 3.8) is 0 Å². The number of allylic oxidation sites excluding steroid dienone is 2. The third-order valence-electron chi connectivity index (χ3n) is 6.12. The topological polar surface area (TPSA) is 42.4 Å². The molecule has 0 spiro atoms. The average molecular weight is 391 g/mol. The Labute approximate surface area is 173 Å². The van der Waals surface area contributed by atoms with Crippen LogP contribution in [-0.2, 0) is 29.2 Å². The number of ether oxygens (including phenoxy) is 1. The minimum absolute atomic E-state index is 0.208. The van der Waals surface area contributed by atoms with Crippen molar-refractivity contribution in [3.05, 3.63) is 77.6 Å². The second-order valence-corrected chi connectivity index (χ2v) is 8.28. The van der Waals surface area contributed by atoms with Crippen molar-refractivity contribution in [1.29, 1.82) is 0 Å². The van der Waals surface area contributed by atoms with Gasteiger partial charge in [0.15, 0.2) is 0 Å². The standard InChI is InChI=1S/C25H30N2O2/c28-25(24-3-1-2-4-24)27-15-11-21(12-16-27)17-20-5-7-22(8-6-20)18-29-19-23-9-13-26-14-10-23/h1-2,5-10,13-14,21,24H,3-4,11-12,15-19H2. The van der Waals surface area contributed by atoms with E-state index in [1.54, 1.807) is 12.4 Å². The van der Waals surface area contributed by atoms with E-state index in [0.717, 1.165) is 50.8 Å². The molecule has 4 nitrogen and oxygen atoms in total. The molecule has 0 radical (unpaired) electrons. The van der Waals surface area contributed by atoms with E-state index in [9.17, 15) is 4.79 Å². The Morgan fingerprint density at radius 3 is 2.14 bits per heavy atom. The number of hydrogen-bond acceptors (Lipinski definition) is 3. The molecular weight excluding hydrogens is 360 g/mol. The maximum Gasteiger partial charge on any atom is 0.226 e. The van der Waals surface area contributed by atoms with Crippen molar-refractivity contribution in [2.75, 3.05) is 13.1 Å². The highest BCUT2D eigenvalue weighted by Gasteiger charge is 2.28. The summed E-state index contributed by atoms with van der Waals surface area (Å²) in [5, 5.41) is 0. The molecule has 2 aromatic rings. The Kier molecular flexibility index (Phi) is 6.73. The zero-order valence-electron chi connectivity index (χ0n) is 17.0. The molecule has 1 saturated heterocycles. The van der Waals surface area contributed by atoms with Crippen LogP contribution >= 0.6 is 0 Å². The van der Waals surface area contributed by atoms with E-state index in [-0.39, 0.29) is 5.92 Å². The van der Waals surface area contributed by atoms with Gasteiger partial charge in [-0.1, -0.05) is 36.4 Å². The first kappa shape index (κ1) is 19.8. The smallest absolute Gasteiger partial charge is 0.226 e. The van der Waals surface area contributed by atoms with Crippen molar-refractivity contribution in [2.24, 2.45) is 11.8 Å². The maximum atomic E-state index is 12.6. The second kappa shape index (κ2) is 9.84. The summed E-state index contributed by atoms with van der Waals surface area (Å²) >= 11 is 0. The summed E-state index contributed by atoms with van der Waals surface area (Å²) in [5.41, 5.74) is 3.73. The highest BCUT2D eigenvalue weighted by Crippen LogP contribution is 2.26. The molecule has 1 fully saturated rings. The molecule has 1 aliphatic heterocycles. The van der Waals surface area contributed by atoms with Gasteiger partial charge in [0, 0.05) is 31.4 Å². The van der Waals surface area contributed by atoms with Crippen LogP contribution in [0.5, 0.6) is 0 Å². The van der Waals surface area contributed by atoms with Gasteiger partial charge in [-0.2, -0.15) is 0 Å². The van der Waals surface area contributed by atoms with Gasteiger partial charge in [0.1, 0.15) is 0 Å². The summed E-state index contributed by atoms with van der Waals surface area (Å²) in [4.78, 5) is 18.7. The zero-order valence-corrected chi connectivity index (χ0v) is 17.0. The van der Waals surface area contributed by atoms with Crippen LogP contribution in [0, 0.1) is 11.8 Å². The van der Waals surface area contributed by atoms with E-state index in [4.69, 9.17) is 4.74 Å². The first-order valence-electron chi connectivity index (χ1n) is 10.8. The lowest BCUT2D eigenvalue weighted by Gasteiger charge is -2.33. The first-order valence-corrected chi connectivity index (χ1v) is 10.8. The van der Waals surface area contributed by atoms with Crippen molar-refractivity contribution >= 4 is 5.91 Å². The Morgan fingerprint density at radius 2 is 1.48 bits per heavy atom. The third kappa shape index (κ3) is 5.54. The van der Waals surface area contributed by atoms with Crippen LogP contribution in [0.25, 0.3) is 0 Å². The highest BCUT2D eigenvalue weighted by atomic mass is 16.5. The lowest BCUT2D eigenvalue weighted by atomic mass is 9.89. The van der Waals surface area contributed by atoms with Crippen molar-refractivity contribution in [3.8, 4) is 0 Å². The molecule has 4 heteroatoms. The van der Waals surface area contributed by atoms with Crippen molar-refractivity contribution in [1.82, 2.24) is 9.88 Å². The molecule has 2 heterocycles. The van der Waals surface area contributed by atoms with Gasteiger partial charge in [-0.25, -0.2) is 0 Å². The van der Waals surface area contributed by atoms with E-state index in [1.165, 1.54) is 11.1 Å². The number of carbonyl (C=O) groups excluding carboxylic acids is 1. The average Bonchev–Trinajstić information content (AvgIpc) is 3.31. The van der Waals surface area contributed by atoms with Crippen LogP contribution in [0.3, 0.4) is 0 Å². The summed E-state index contributed by atoms with van der Waals surface area (Å²) in [6, 6.07) is 12.8. The van der Waals surface area contributed by atoms with Crippen LogP contribution in [0.2, 0.25) is 0 Å². The number of likely N-dealkylation sites (tertiary alicyclic amines) is 1. The fourth-order valence-corrected chi connectivity index (χ4v) is 4.31. The SMILES string of the molecule is O=C(C1CC=CC1)N1CCC(Cc2ccc(COCc3ccncc3)cc2)CC1. The molecule has 2 aliphatic rings. The van der Waals surface area contributed by atoms with Gasteiger partial charge in [0.2, 0.25) is 5.91 Å². The molecule has 4 rings (SSSR count). The van der Waals surface area contributed by atoms with E-state index in [0.29, 0.717) is 25.0 Å². The van der Waals surface area contributed by atoms with E-state index < -0.39 is 0 Å². The molecule has 1 amide bonds. The fourth-order valence-electron chi connectivity index (χ4n) is 4.31. The van der Waals surface area contributed by atoms with Gasteiger partial charge >= 0.3 is 0 Å². The number of piperidine rings is 1. The van der Waals surface area contributed by atoms with Gasteiger partial charge in [0.25, 0.3) is 0 Å². The second-order valence-electron chi connectivity index (χ2n) is 8.28. The maximum absolute atomic E-state index is 12.6. The van der Waals surface area contributed by atoms with Gasteiger partial charge in [-0.05, 0) is 66.8 Å². The molecular formula is C25H30N2O2. The third-order valence-corrected chi connectivity index (χ3v) is 6.12. The first-order chi connectivity index (χ1) is 14.3. The van der Waals surface area contributed by atoms with Gasteiger partial charge in [-0.15, -0.1) is 0 Å².